The number of hydrogen-bond acceptors (Lipinski definition) is 7. The molecule has 0 aliphatic carbocycles. The fourth-order valence-electron chi connectivity index (χ4n) is 3.33. The number of aromatic nitrogens is 5. The van der Waals surface area contributed by atoms with Gasteiger partial charge in [-0.25, -0.2) is 15.0 Å². The zero-order valence-electron chi connectivity index (χ0n) is 17.4. The van der Waals surface area contributed by atoms with E-state index in [0.717, 1.165) is 11.6 Å². The van der Waals surface area contributed by atoms with Crippen LogP contribution in [0.4, 0.5) is 19.1 Å². The molecule has 12 heteroatoms. The summed E-state index contributed by atoms with van der Waals surface area (Å²) in [5.41, 5.74) is 0.964. The molecule has 0 spiro atoms. The second-order valence-electron chi connectivity index (χ2n) is 7.26. The van der Waals surface area contributed by atoms with Crippen molar-refractivity contribution in [3.63, 3.8) is 0 Å². The number of rotatable bonds is 3. The molecule has 0 radical (unpaired) electrons. The largest absolute Gasteiger partial charge is 0.433 e. The predicted molar refractivity (Wildman–Crippen MR) is 107 cm³/mol. The average molecular weight is 447 g/mol. The van der Waals surface area contributed by atoms with Crippen LogP contribution in [0.25, 0.3) is 5.69 Å². The van der Waals surface area contributed by atoms with E-state index >= 15 is 0 Å². The van der Waals surface area contributed by atoms with Crippen LogP contribution in [0.5, 0.6) is 0 Å². The first-order valence-corrected chi connectivity index (χ1v) is 9.82. The highest BCUT2D eigenvalue weighted by Gasteiger charge is 2.34. The third-order valence-corrected chi connectivity index (χ3v) is 4.84. The lowest BCUT2D eigenvalue weighted by atomic mass is 10.1. The molecule has 1 saturated heterocycles. The van der Waals surface area contributed by atoms with Gasteiger partial charge >= 0.3 is 6.18 Å². The lowest BCUT2D eigenvalue weighted by Gasteiger charge is -2.22. The summed E-state index contributed by atoms with van der Waals surface area (Å²) >= 11 is 0. The summed E-state index contributed by atoms with van der Waals surface area (Å²) in [4.78, 5) is 29.5. The van der Waals surface area contributed by atoms with Gasteiger partial charge in [-0.15, -0.1) is 0 Å². The van der Waals surface area contributed by atoms with E-state index in [4.69, 9.17) is 4.84 Å². The Bertz CT molecular complexity index is 1120. The van der Waals surface area contributed by atoms with Gasteiger partial charge in [0.2, 0.25) is 0 Å². The Labute approximate surface area is 181 Å². The van der Waals surface area contributed by atoms with E-state index in [0.29, 0.717) is 11.3 Å². The molecule has 1 aliphatic heterocycles. The van der Waals surface area contributed by atoms with Gasteiger partial charge in [-0.2, -0.15) is 28.2 Å². The third kappa shape index (κ3) is 4.54. The first kappa shape index (κ1) is 21.7. The van der Waals surface area contributed by atoms with Crippen LogP contribution in [0.15, 0.2) is 36.7 Å². The van der Waals surface area contributed by atoms with E-state index < -0.39 is 11.9 Å². The van der Waals surface area contributed by atoms with E-state index in [2.05, 4.69) is 20.2 Å². The highest BCUT2D eigenvalue weighted by atomic mass is 19.4. The molecule has 0 unspecified atom stereocenters. The molecule has 9 nitrogen and oxygen atoms in total. The van der Waals surface area contributed by atoms with Gasteiger partial charge in [0.25, 0.3) is 11.9 Å². The Balaban J connectivity index is 1.56. The summed E-state index contributed by atoms with van der Waals surface area (Å²) in [6.45, 7) is 3.96. The van der Waals surface area contributed by atoms with Crippen molar-refractivity contribution < 1.29 is 22.8 Å². The smallest absolute Gasteiger partial charge is 0.334 e. The van der Waals surface area contributed by atoms with Crippen LogP contribution in [0.1, 0.15) is 27.3 Å². The topological polar surface area (TPSA) is 89.3 Å². The van der Waals surface area contributed by atoms with Gasteiger partial charge in [0.1, 0.15) is 5.69 Å². The molecule has 0 atom stereocenters. The first-order valence-electron chi connectivity index (χ1n) is 9.82. The molecule has 168 valence electrons. The minimum atomic E-state index is -4.60. The summed E-state index contributed by atoms with van der Waals surface area (Å²) in [6.07, 6.45) is -1.57. The fourth-order valence-corrected chi connectivity index (χ4v) is 3.33. The molecule has 1 amide bonds. The summed E-state index contributed by atoms with van der Waals surface area (Å²) in [7, 11) is 0. The van der Waals surface area contributed by atoms with Gasteiger partial charge in [-0.05, 0) is 32.0 Å². The molecule has 1 aliphatic rings. The van der Waals surface area contributed by atoms with Gasteiger partial charge in [0.15, 0.2) is 0 Å². The SMILES string of the molecule is Cc1ccc(-n2nccn2)c(C(=O)N2CCON(c3nc(C)cc(C(F)(F)F)n3)CC2)c1. The highest BCUT2D eigenvalue weighted by molar-refractivity contribution is 5.98. The van der Waals surface area contributed by atoms with Crippen LogP contribution >= 0.6 is 0 Å². The van der Waals surface area contributed by atoms with Crippen LogP contribution < -0.4 is 5.06 Å². The number of carbonyl (C=O) groups is 1. The lowest BCUT2D eigenvalue weighted by Crippen LogP contribution is -2.36. The second-order valence-corrected chi connectivity index (χ2v) is 7.26. The normalized spacial score (nSPS) is 15.0. The molecule has 0 saturated carbocycles. The van der Waals surface area contributed by atoms with E-state index in [1.807, 2.05) is 13.0 Å². The minimum absolute atomic E-state index is 0.0750. The molecular weight excluding hydrogens is 427 g/mol. The zero-order valence-corrected chi connectivity index (χ0v) is 17.4. The van der Waals surface area contributed by atoms with Crippen molar-refractivity contribution in [1.29, 1.82) is 0 Å². The predicted octanol–water partition coefficient (Wildman–Crippen LogP) is 2.59. The van der Waals surface area contributed by atoms with Crippen molar-refractivity contribution in [2.45, 2.75) is 20.0 Å². The van der Waals surface area contributed by atoms with Gasteiger partial charge in [0.05, 0.1) is 36.8 Å². The van der Waals surface area contributed by atoms with E-state index in [-0.39, 0.29) is 43.8 Å². The number of alkyl halides is 3. The number of halogens is 3. The van der Waals surface area contributed by atoms with Crippen molar-refractivity contribution in [2.75, 3.05) is 31.3 Å². The van der Waals surface area contributed by atoms with E-state index in [1.54, 1.807) is 17.0 Å². The van der Waals surface area contributed by atoms with Crippen molar-refractivity contribution in [2.24, 2.45) is 0 Å². The van der Waals surface area contributed by atoms with Gasteiger partial charge in [-0.3, -0.25) is 9.63 Å². The Hall–Kier alpha value is -3.54. The van der Waals surface area contributed by atoms with Crippen LogP contribution in [-0.4, -0.2) is 62.0 Å². The number of aryl methyl sites for hydroxylation is 2. The first-order chi connectivity index (χ1) is 15.2. The molecule has 2 aromatic heterocycles. The summed E-state index contributed by atoms with van der Waals surface area (Å²) in [6, 6.07) is 6.25. The molecule has 3 aromatic rings. The maximum atomic E-state index is 13.3. The number of hydrogen-bond donors (Lipinski definition) is 0. The second kappa shape index (κ2) is 8.54. The van der Waals surface area contributed by atoms with Crippen LogP contribution in [0, 0.1) is 13.8 Å². The van der Waals surface area contributed by atoms with Gasteiger partial charge in [0, 0.05) is 18.8 Å². The van der Waals surface area contributed by atoms with Gasteiger partial charge < -0.3 is 4.90 Å². The zero-order chi connectivity index (χ0) is 22.9. The van der Waals surface area contributed by atoms with Crippen LogP contribution in [0.2, 0.25) is 0 Å². The van der Waals surface area contributed by atoms with Crippen molar-refractivity contribution in [3.8, 4) is 5.69 Å². The number of nitrogens with zero attached hydrogens (tertiary/aromatic N) is 7. The molecular formula is C20H20F3N7O2. The Morgan fingerprint density at radius 3 is 2.50 bits per heavy atom. The Kier molecular flexibility index (Phi) is 5.78. The summed E-state index contributed by atoms with van der Waals surface area (Å²) in [5, 5.41) is 9.40. The number of benzene rings is 1. The van der Waals surface area contributed by atoms with Crippen LogP contribution in [0.3, 0.4) is 0 Å². The summed E-state index contributed by atoms with van der Waals surface area (Å²) in [5.74, 6) is -0.448. The van der Waals surface area contributed by atoms with Crippen molar-refractivity contribution in [1.82, 2.24) is 29.9 Å². The average Bonchev–Trinajstić information content (AvgIpc) is 3.16. The summed E-state index contributed by atoms with van der Waals surface area (Å²) < 4.78 is 39.4. The number of amides is 1. The van der Waals surface area contributed by atoms with Gasteiger partial charge in [-0.1, -0.05) is 11.6 Å². The molecule has 1 fully saturated rings. The fraction of sp³-hybridized carbons (Fsp3) is 0.350. The number of anilines is 1. The Morgan fingerprint density at radius 2 is 1.78 bits per heavy atom. The number of hydroxylamine groups is 1. The highest BCUT2D eigenvalue weighted by Crippen LogP contribution is 2.29. The number of carbonyl (C=O) groups excluding carboxylic acids is 1. The molecule has 0 bridgehead atoms. The van der Waals surface area contributed by atoms with Crippen molar-refractivity contribution in [3.05, 3.63) is 59.2 Å². The third-order valence-electron chi connectivity index (χ3n) is 4.84. The monoisotopic (exact) mass is 447 g/mol. The molecule has 1 aromatic carbocycles. The Morgan fingerprint density at radius 1 is 1.03 bits per heavy atom. The maximum absolute atomic E-state index is 13.3. The lowest BCUT2D eigenvalue weighted by molar-refractivity contribution is -0.141. The molecule has 3 heterocycles. The quantitative estimate of drug-likeness (QED) is 0.610. The van der Waals surface area contributed by atoms with Crippen molar-refractivity contribution >= 4 is 11.9 Å². The van der Waals surface area contributed by atoms with E-state index in [9.17, 15) is 18.0 Å². The molecule has 32 heavy (non-hydrogen) atoms. The molecule has 4 rings (SSSR count). The standard InChI is InChI=1S/C20H20F3N7O2/c1-13-3-4-16(30-24-5-6-25-30)15(11-13)18(31)28-7-8-29(32-10-9-28)19-26-14(2)12-17(27-19)20(21,22)23/h3-6,11-12H,7-10H2,1-2H3. The molecule has 0 N–H and O–H groups in total. The van der Waals surface area contributed by atoms with Crippen LogP contribution in [-0.2, 0) is 11.0 Å². The van der Waals surface area contributed by atoms with E-state index in [1.165, 1.54) is 29.2 Å². The minimum Gasteiger partial charge on any atom is -0.334 e. The maximum Gasteiger partial charge on any atom is 0.433 e.